The lowest BCUT2D eigenvalue weighted by molar-refractivity contribution is -0.212. The number of allylic oxidation sites excluding steroid dienone is 2. The fourth-order valence-corrected chi connectivity index (χ4v) is 7.76. The molecule has 10 atom stereocenters. The van der Waals surface area contributed by atoms with Crippen LogP contribution in [0.1, 0.15) is 58.3 Å². The molecule has 10 unspecified atom stereocenters. The summed E-state index contributed by atoms with van der Waals surface area (Å²) in [6.07, 6.45) is -1.25. The summed E-state index contributed by atoms with van der Waals surface area (Å²) in [5.41, 5.74) is -6.05. The van der Waals surface area contributed by atoms with Crippen molar-refractivity contribution in [3.05, 3.63) is 60.2 Å². The molecule has 3 aliphatic rings. The van der Waals surface area contributed by atoms with E-state index in [1.54, 1.807) is 38.1 Å². The average Bonchev–Trinajstić information content (AvgIpc) is 3.16. The third kappa shape index (κ3) is 5.47. The van der Waals surface area contributed by atoms with E-state index in [9.17, 15) is 34.2 Å². The summed E-state index contributed by atoms with van der Waals surface area (Å²) in [5, 5.41) is 24.7. The fraction of sp³-hybridized carbons (Fsp3) is 0.545. The van der Waals surface area contributed by atoms with Gasteiger partial charge in [-0.3, -0.25) is 19.2 Å². The largest absolute Gasteiger partial charge is 0.465 e. The van der Waals surface area contributed by atoms with Gasteiger partial charge in [-0.15, -0.1) is 0 Å². The quantitative estimate of drug-likeness (QED) is 0.264. The third-order valence-electron chi connectivity index (χ3n) is 9.31. The van der Waals surface area contributed by atoms with E-state index in [0.29, 0.717) is 5.57 Å². The Hall–Kier alpha value is -3.83. The van der Waals surface area contributed by atoms with Crippen LogP contribution in [-0.4, -0.2) is 76.0 Å². The molecule has 44 heavy (non-hydrogen) atoms. The number of ketones is 1. The molecule has 0 saturated heterocycles. The van der Waals surface area contributed by atoms with Gasteiger partial charge >= 0.3 is 23.9 Å². The molecule has 2 saturated carbocycles. The van der Waals surface area contributed by atoms with E-state index in [2.05, 4.69) is 6.58 Å². The van der Waals surface area contributed by atoms with Crippen LogP contribution in [0.2, 0.25) is 0 Å². The van der Waals surface area contributed by atoms with Gasteiger partial charge in [0.2, 0.25) is 0 Å². The Kier molecular flexibility index (Phi) is 8.97. The first-order valence-corrected chi connectivity index (χ1v) is 14.6. The maximum Gasteiger partial charge on any atom is 0.338 e. The molecule has 1 aromatic carbocycles. The minimum absolute atomic E-state index is 0.125. The van der Waals surface area contributed by atoms with Gasteiger partial charge in [0.05, 0.1) is 16.9 Å². The van der Waals surface area contributed by atoms with Crippen LogP contribution in [0.15, 0.2) is 54.6 Å². The Morgan fingerprint density at radius 2 is 1.55 bits per heavy atom. The summed E-state index contributed by atoms with van der Waals surface area (Å²) in [6.45, 7) is 11.5. The highest BCUT2D eigenvalue weighted by Crippen LogP contribution is 2.62. The summed E-state index contributed by atoms with van der Waals surface area (Å²) < 4.78 is 23.4. The van der Waals surface area contributed by atoms with Gasteiger partial charge in [0.25, 0.3) is 0 Å². The molecule has 1 aromatic rings. The summed E-state index contributed by atoms with van der Waals surface area (Å²) in [7, 11) is 0. The van der Waals surface area contributed by atoms with Crippen molar-refractivity contribution < 1.29 is 53.1 Å². The Bertz CT molecular complexity index is 1380. The van der Waals surface area contributed by atoms with Crippen molar-refractivity contribution >= 4 is 29.7 Å². The Morgan fingerprint density at radius 1 is 0.932 bits per heavy atom. The lowest BCUT2D eigenvalue weighted by atomic mass is 9.53. The van der Waals surface area contributed by atoms with Gasteiger partial charge in [0, 0.05) is 32.6 Å². The highest BCUT2D eigenvalue weighted by molar-refractivity contribution is 5.96. The molecule has 0 radical (unpaired) electrons. The zero-order valence-corrected chi connectivity index (χ0v) is 25.8. The molecule has 0 bridgehead atoms. The fourth-order valence-electron chi connectivity index (χ4n) is 7.76. The highest BCUT2D eigenvalue weighted by Gasteiger charge is 2.76. The number of aliphatic hydroxyl groups is 2. The molecule has 4 rings (SSSR count). The number of hydrogen-bond acceptors (Lipinski definition) is 11. The van der Waals surface area contributed by atoms with Crippen LogP contribution in [-0.2, 0) is 38.1 Å². The van der Waals surface area contributed by atoms with Crippen molar-refractivity contribution in [2.45, 2.75) is 77.5 Å². The predicted octanol–water partition coefficient (Wildman–Crippen LogP) is 2.72. The van der Waals surface area contributed by atoms with E-state index in [4.69, 9.17) is 18.9 Å². The van der Waals surface area contributed by atoms with Gasteiger partial charge < -0.3 is 29.2 Å². The summed E-state index contributed by atoms with van der Waals surface area (Å²) >= 11 is 0. The van der Waals surface area contributed by atoms with Gasteiger partial charge in [0.1, 0.15) is 36.1 Å². The van der Waals surface area contributed by atoms with Gasteiger partial charge in [-0.2, -0.15) is 0 Å². The second kappa shape index (κ2) is 11.9. The molecule has 11 heteroatoms. The number of ether oxygens (including phenoxy) is 4. The number of Topliss-reactive ketones (excluding diaryl/α,β-unsaturated/α-hetero) is 1. The first-order chi connectivity index (χ1) is 20.5. The second-order valence-corrected chi connectivity index (χ2v) is 12.5. The summed E-state index contributed by atoms with van der Waals surface area (Å²) in [5.74, 6) is -8.28. The molecule has 0 aromatic heterocycles. The smallest absolute Gasteiger partial charge is 0.338 e. The van der Waals surface area contributed by atoms with E-state index >= 15 is 0 Å². The topological polar surface area (TPSA) is 163 Å². The van der Waals surface area contributed by atoms with Crippen molar-refractivity contribution in [1.29, 1.82) is 0 Å². The number of carbonyl (C=O) groups excluding carboxylic acids is 5. The Balaban J connectivity index is 2.14. The maximum absolute atomic E-state index is 14.5. The number of fused-ring (bicyclic) bond motifs is 2. The maximum atomic E-state index is 14.5. The minimum Gasteiger partial charge on any atom is -0.465 e. The molecule has 0 heterocycles. The SMILES string of the molecule is C=C(C)C1C=CC(OC(C)=O)C2(COC(C)=O)C(OC(=O)c3ccccc3)C3C(OC(C)=O)C(C)CC3(O)C(=O)C(C)(O)C12. The number of hydrogen-bond donors (Lipinski definition) is 2. The number of rotatable bonds is 7. The van der Waals surface area contributed by atoms with Crippen LogP contribution < -0.4 is 0 Å². The highest BCUT2D eigenvalue weighted by atomic mass is 16.6. The van der Waals surface area contributed by atoms with E-state index in [1.807, 2.05) is 0 Å². The molecular formula is C33H40O11. The lowest BCUT2D eigenvalue weighted by Gasteiger charge is -2.55. The summed E-state index contributed by atoms with van der Waals surface area (Å²) in [4.78, 5) is 65.7. The Morgan fingerprint density at radius 3 is 2.09 bits per heavy atom. The minimum atomic E-state index is -2.39. The van der Waals surface area contributed by atoms with Gasteiger partial charge in [-0.25, -0.2) is 4.79 Å². The number of esters is 4. The monoisotopic (exact) mass is 612 g/mol. The van der Waals surface area contributed by atoms with Crippen LogP contribution >= 0.6 is 0 Å². The first-order valence-electron chi connectivity index (χ1n) is 14.6. The number of benzene rings is 1. The van der Waals surface area contributed by atoms with Crippen LogP contribution in [0.4, 0.5) is 0 Å². The molecule has 238 valence electrons. The molecule has 0 amide bonds. The molecular weight excluding hydrogens is 572 g/mol. The molecule has 11 nitrogen and oxygen atoms in total. The standard InChI is InChI=1S/C33H40O11/c1-17(2)23-13-14-24(42-20(5)35)32(16-41-19(4)34)27(23)31(7,39)30(38)33(40)15-18(3)26(43-21(6)36)25(33)28(32)44-29(37)22-11-9-8-10-12-22/h8-14,18,23-28,39-40H,1,15-16H2,2-7H3. The van der Waals surface area contributed by atoms with Crippen LogP contribution in [0.25, 0.3) is 0 Å². The normalized spacial score (nSPS) is 37.5. The van der Waals surface area contributed by atoms with E-state index in [1.165, 1.54) is 32.1 Å². The van der Waals surface area contributed by atoms with Gasteiger partial charge in [-0.05, 0) is 44.4 Å². The number of carbonyl (C=O) groups is 5. The molecule has 2 N–H and O–H groups in total. The zero-order valence-electron chi connectivity index (χ0n) is 25.8. The van der Waals surface area contributed by atoms with Gasteiger partial charge in [0.15, 0.2) is 5.78 Å². The van der Waals surface area contributed by atoms with E-state index in [-0.39, 0.29) is 12.0 Å². The van der Waals surface area contributed by atoms with Crippen LogP contribution in [0.3, 0.4) is 0 Å². The summed E-state index contributed by atoms with van der Waals surface area (Å²) in [6, 6.07) is 7.94. The molecule has 0 spiro atoms. The van der Waals surface area contributed by atoms with E-state index in [0.717, 1.165) is 13.8 Å². The predicted molar refractivity (Wildman–Crippen MR) is 155 cm³/mol. The van der Waals surface area contributed by atoms with Crippen molar-refractivity contribution in [3.63, 3.8) is 0 Å². The van der Waals surface area contributed by atoms with Crippen LogP contribution in [0.5, 0.6) is 0 Å². The Labute approximate surface area is 256 Å². The van der Waals surface area contributed by atoms with Crippen LogP contribution in [0, 0.1) is 29.1 Å². The lowest BCUT2D eigenvalue weighted by Crippen LogP contribution is -2.66. The molecule has 3 aliphatic carbocycles. The van der Waals surface area contributed by atoms with E-state index < -0.39 is 94.9 Å². The van der Waals surface area contributed by atoms with Crippen molar-refractivity contribution in [3.8, 4) is 0 Å². The molecule has 2 fully saturated rings. The average molecular weight is 613 g/mol. The molecule has 0 aliphatic heterocycles. The second-order valence-electron chi connectivity index (χ2n) is 12.5. The third-order valence-corrected chi connectivity index (χ3v) is 9.31. The van der Waals surface area contributed by atoms with Gasteiger partial charge in [-0.1, -0.05) is 43.4 Å². The van der Waals surface area contributed by atoms with Crippen molar-refractivity contribution in [2.75, 3.05) is 6.61 Å². The zero-order chi connectivity index (χ0) is 32.8. The van der Waals surface area contributed by atoms with Crippen molar-refractivity contribution in [1.82, 2.24) is 0 Å². The van der Waals surface area contributed by atoms with Crippen molar-refractivity contribution in [2.24, 2.45) is 29.1 Å². The first kappa shape index (κ1) is 33.1.